The van der Waals surface area contributed by atoms with E-state index in [0.29, 0.717) is 0 Å². The minimum absolute atomic E-state index is 0. The van der Waals surface area contributed by atoms with Crippen LogP contribution in [-0.4, -0.2) is 53.2 Å². The summed E-state index contributed by atoms with van der Waals surface area (Å²) in [7, 11) is 0. The van der Waals surface area contributed by atoms with Crippen LogP contribution in [0.2, 0.25) is 0 Å². The second-order valence-electron chi connectivity index (χ2n) is 2.95. The van der Waals surface area contributed by atoms with Crippen LogP contribution in [0.3, 0.4) is 0 Å². The SMILES string of the molecule is CC(=O)[O-].CC(=O)[O-].CC(=O)[O-].CC(=O)[O-].CC(=O)[O-].CC(=O)[O-].[Al+3].[Ru+3]. The zero-order chi connectivity index (χ0) is 21.5. The third-order valence-corrected chi connectivity index (χ3v) is 0. The second-order valence-corrected chi connectivity index (χ2v) is 2.95. The standard InChI is InChI=1S/6C2H4O2.Al.Ru/c6*1-2(3)4;;/h6*1H3,(H,3,4);;/q;;;;;;2*+3/p-6. The molecule has 0 aromatic rings. The van der Waals surface area contributed by atoms with Crippen LogP contribution in [0, 0.1) is 0 Å². The molecule has 1 radical (unpaired) electrons. The molecule has 0 saturated carbocycles. The van der Waals surface area contributed by atoms with Crippen molar-refractivity contribution in [2.45, 2.75) is 41.5 Å². The zero-order valence-electron chi connectivity index (χ0n) is 14.8. The molecule has 0 N–H and O–H groups in total. The second kappa shape index (κ2) is 43.5. The molecule has 26 heavy (non-hydrogen) atoms. The first-order chi connectivity index (χ1) is 10.4. The van der Waals surface area contributed by atoms with Gasteiger partial charge in [0.15, 0.2) is 0 Å². The quantitative estimate of drug-likeness (QED) is 0.292. The summed E-state index contributed by atoms with van der Waals surface area (Å²) in [6.07, 6.45) is 0. The summed E-state index contributed by atoms with van der Waals surface area (Å²) in [5.41, 5.74) is 0. The first-order valence-electron chi connectivity index (χ1n) is 5.45. The fourth-order valence-corrected chi connectivity index (χ4v) is 0. The van der Waals surface area contributed by atoms with Crippen LogP contribution >= 0.6 is 0 Å². The predicted molar refractivity (Wildman–Crippen MR) is 69.8 cm³/mol. The maximum atomic E-state index is 8.89. The van der Waals surface area contributed by atoms with Crippen molar-refractivity contribution in [1.29, 1.82) is 0 Å². The number of hydrogen-bond donors (Lipinski definition) is 0. The number of carboxylic acid groups (broad SMARTS) is 6. The summed E-state index contributed by atoms with van der Waals surface area (Å²) < 4.78 is 0. The molecule has 0 unspecified atom stereocenters. The first kappa shape index (κ1) is 49.6. The molecular weight excluding hydrogens is 464 g/mol. The molecule has 12 nitrogen and oxygen atoms in total. The van der Waals surface area contributed by atoms with E-state index in [1.807, 2.05) is 0 Å². The molecule has 0 aromatic heterocycles. The van der Waals surface area contributed by atoms with Gasteiger partial charge in [-0.15, -0.1) is 0 Å². The molecule has 0 saturated heterocycles. The number of aliphatic carboxylic acids is 6. The van der Waals surface area contributed by atoms with Gasteiger partial charge in [0.1, 0.15) is 0 Å². The number of hydrogen-bond acceptors (Lipinski definition) is 12. The van der Waals surface area contributed by atoms with Crippen LogP contribution in [0.15, 0.2) is 0 Å². The Labute approximate surface area is 173 Å². The van der Waals surface area contributed by atoms with Gasteiger partial charge in [0.2, 0.25) is 0 Å². The fraction of sp³-hybridized carbons (Fsp3) is 0.500. The van der Waals surface area contributed by atoms with E-state index < -0.39 is 35.8 Å². The minimum Gasteiger partial charge on any atom is -0.550 e. The summed E-state index contributed by atoms with van der Waals surface area (Å²) in [5.74, 6) is -6.50. The van der Waals surface area contributed by atoms with Crippen LogP contribution in [-0.2, 0) is 48.2 Å². The summed E-state index contributed by atoms with van der Waals surface area (Å²) >= 11 is 0. The maximum Gasteiger partial charge on any atom is 3.00 e. The average Bonchev–Trinajstić information content (AvgIpc) is 2.08. The Bertz CT molecular complexity index is 267. The summed E-state index contributed by atoms with van der Waals surface area (Å²) in [5, 5.41) is 53.3. The van der Waals surface area contributed by atoms with Gasteiger partial charge in [0.05, 0.1) is 0 Å². The smallest absolute Gasteiger partial charge is 0.550 e. The monoisotopic (exact) mass is 483 g/mol. The molecule has 149 valence electrons. The van der Waals surface area contributed by atoms with Gasteiger partial charge in [-0.25, -0.2) is 0 Å². The maximum absolute atomic E-state index is 8.89. The van der Waals surface area contributed by atoms with Gasteiger partial charge in [0.25, 0.3) is 0 Å². The van der Waals surface area contributed by atoms with Crippen LogP contribution in [0.25, 0.3) is 0 Å². The van der Waals surface area contributed by atoms with Crippen molar-refractivity contribution in [3.63, 3.8) is 0 Å². The molecule has 0 bridgehead atoms. The van der Waals surface area contributed by atoms with E-state index >= 15 is 0 Å². The third kappa shape index (κ3) is 2360. The zero-order valence-corrected chi connectivity index (χ0v) is 17.7. The molecule has 0 atom stereocenters. The normalized spacial score (nSPS) is 5.77. The largest absolute Gasteiger partial charge is 3.00 e. The predicted octanol–water partition coefficient (Wildman–Crippen LogP) is -7.85. The van der Waals surface area contributed by atoms with Crippen molar-refractivity contribution in [2.24, 2.45) is 0 Å². The van der Waals surface area contributed by atoms with E-state index in [1.54, 1.807) is 0 Å². The van der Waals surface area contributed by atoms with Crippen molar-refractivity contribution in [3.8, 4) is 0 Å². The number of rotatable bonds is 0. The first-order valence-corrected chi connectivity index (χ1v) is 5.45. The molecule has 0 fully saturated rings. The molecular formula is C12H18AlO12Ru. The number of carboxylic acids is 6. The molecule has 0 aliphatic rings. The van der Waals surface area contributed by atoms with E-state index in [1.165, 1.54) is 0 Å². The molecule has 0 spiro atoms. The van der Waals surface area contributed by atoms with Crippen LogP contribution < -0.4 is 30.6 Å². The van der Waals surface area contributed by atoms with E-state index in [0.717, 1.165) is 41.5 Å². The molecule has 0 heterocycles. The van der Waals surface area contributed by atoms with E-state index in [-0.39, 0.29) is 36.8 Å². The van der Waals surface area contributed by atoms with E-state index in [4.69, 9.17) is 59.4 Å². The Morgan fingerprint density at radius 2 is 0.385 bits per heavy atom. The number of carbonyl (C=O) groups excluding carboxylic acids is 6. The molecule has 0 amide bonds. The van der Waals surface area contributed by atoms with Crippen molar-refractivity contribution >= 4 is 53.2 Å². The summed E-state index contributed by atoms with van der Waals surface area (Å²) in [6.45, 7) is 5.83. The topological polar surface area (TPSA) is 241 Å². The Kier molecular flexibility index (Phi) is 82.9. The van der Waals surface area contributed by atoms with Gasteiger partial charge in [-0.1, -0.05) is 0 Å². The Balaban J connectivity index is -0.0000000245. The Hall–Kier alpha value is -2.02. The average molecular weight is 482 g/mol. The van der Waals surface area contributed by atoms with Gasteiger partial charge >= 0.3 is 36.8 Å². The minimum atomic E-state index is -1.08. The third-order valence-electron chi connectivity index (χ3n) is 0. The van der Waals surface area contributed by atoms with Gasteiger partial charge < -0.3 is 59.4 Å². The van der Waals surface area contributed by atoms with Crippen LogP contribution in [0.5, 0.6) is 0 Å². The molecule has 0 rings (SSSR count). The van der Waals surface area contributed by atoms with Crippen molar-refractivity contribution in [1.82, 2.24) is 0 Å². The van der Waals surface area contributed by atoms with E-state index in [2.05, 4.69) is 0 Å². The Morgan fingerprint density at radius 3 is 0.385 bits per heavy atom. The van der Waals surface area contributed by atoms with Gasteiger partial charge in [-0.3, -0.25) is 0 Å². The number of carbonyl (C=O) groups is 6. The van der Waals surface area contributed by atoms with Crippen LogP contribution in [0.4, 0.5) is 0 Å². The van der Waals surface area contributed by atoms with Gasteiger partial charge in [0, 0.05) is 35.8 Å². The Morgan fingerprint density at radius 1 is 0.385 bits per heavy atom. The summed E-state index contributed by atoms with van der Waals surface area (Å²) in [6, 6.07) is 0. The van der Waals surface area contributed by atoms with Gasteiger partial charge in [-0.05, 0) is 41.5 Å². The molecule has 14 heteroatoms. The summed E-state index contributed by atoms with van der Waals surface area (Å²) in [4.78, 5) is 53.3. The van der Waals surface area contributed by atoms with Crippen molar-refractivity contribution < 1.29 is 78.9 Å². The van der Waals surface area contributed by atoms with Crippen molar-refractivity contribution in [3.05, 3.63) is 0 Å². The van der Waals surface area contributed by atoms with Crippen LogP contribution in [0.1, 0.15) is 41.5 Å². The van der Waals surface area contributed by atoms with Gasteiger partial charge in [-0.2, -0.15) is 0 Å². The molecule has 0 aliphatic heterocycles. The van der Waals surface area contributed by atoms with Crippen molar-refractivity contribution in [2.75, 3.05) is 0 Å². The molecule has 0 aliphatic carbocycles. The van der Waals surface area contributed by atoms with E-state index in [9.17, 15) is 0 Å². The fourth-order valence-electron chi connectivity index (χ4n) is 0. The molecule has 0 aromatic carbocycles.